The zero-order chi connectivity index (χ0) is 12.2. The lowest BCUT2D eigenvalue weighted by Gasteiger charge is -2.29. The molecule has 1 fully saturated rings. The van der Waals surface area contributed by atoms with Gasteiger partial charge in [-0.05, 0) is 37.8 Å². The molecule has 1 aliphatic heterocycles. The number of amides is 1. The van der Waals surface area contributed by atoms with Crippen molar-refractivity contribution in [3.8, 4) is 0 Å². The van der Waals surface area contributed by atoms with Gasteiger partial charge in [-0.1, -0.05) is 20.8 Å². The van der Waals surface area contributed by atoms with E-state index in [9.17, 15) is 4.79 Å². The fraction of sp³-hybridized carbons (Fsp3) is 0.923. The van der Waals surface area contributed by atoms with Crippen LogP contribution < -0.4 is 5.32 Å². The van der Waals surface area contributed by atoms with Gasteiger partial charge >= 0.3 is 0 Å². The highest BCUT2D eigenvalue weighted by molar-refractivity contribution is 5.76. The van der Waals surface area contributed by atoms with Crippen LogP contribution in [0.1, 0.15) is 46.5 Å². The number of hydrogen-bond acceptors (Lipinski definition) is 2. The summed E-state index contributed by atoms with van der Waals surface area (Å²) in [5.41, 5.74) is 0.0916. The number of carbonyl (C=O) groups excluding carboxylic acids is 1. The Morgan fingerprint density at radius 2 is 2.00 bits per heavy atom. The number of rotatable bonds is 2. The van der Waals surface area contributed by atoms with E-state index in [0.717, 1.165) is 25.9 Å². The highest BCUT2D eigenvalue weighted by atomic mass is 16.2. The minimum absolute atomic E-state index is 0.0916. The minimum atomic E-state index is 0.0916. The van der Waals surface area contributed by atoms with Gasteiger partial charge < -0.3 is 10.2 Å². The van der Waals surface area contributed by atoms with Crippen LogP contribution in [-0.2, 0) is 4.79 Å². The maximum Gasteiger partial charge on any atom is 0.223 e. The lowest BCUT2D eigenvalue weighted by atomic mass is 9.91. The summed E-state index contributed by atoms with van der Waals surface area (Å²) in [6.45, 7) is 8.49. The molecule has 1 atom stereocenters. The van der Waals surface area contributed by atoms with Crippen molar-refractivity contribution >= 4 is 5.91 Å². The highest BCUT2D eigenvalue weighted by Gasteiger charge is 2.24. The molecule has 0 aromatic carbocycles. The van der Waals surface area contributed by atoms with Gasteiger partial charge in [0.25, 0.3) is 0 Å². The first-order valence-corrected chi connectivity index (χ1v) is 6.36. The van der Waals surface area contributed by atoms with Crippen LogP contribution in [0.2, 0.25) is 0 Å². The smallest absolute Gasteiger partial charge is 0.223 e. The van der Waals surface area contributed by atoms with Crippen LogP contribution in [0.15, 0.2) is 0 Å². The second-order valence-electron chi connectivity index (χ2n) is 6.08. The van der Waals surface area contributed by atoms with E-state index in [1.165, 1.54) is 6.42 Å². The highest BCUT2D eigenvalue weighted by Crippen LogP contribution is 2.21. The predicted octanol–water partition coefficient (Wildman–Crippen LogP) is 2.02. The van der Waals surface area contributed by atoms with E-state index in [-0.39, 0.29) is 5.41 Å². The van der Waals surface area contributed by atoms with E-state index in [2.05, 4.69) is 26.1 Å². The fourth-order valence-electron chi connectivity index (χ4n) is 2.17. The second-order valence-corrected chi connectivity index (χ2v) is 6.08. The first kappa shape index (κ1) is 13.5. The number of nitrogens with one attached hydrogen (secondary N) is 1. The summed E-state index contributed by atoms with van der Waals surface area (Å²) in [6, 6.07) is 0.435. The second kappa shape index (κ2) is 5.67. The maximum absolute atomic E-state index is 12.1. The summed E-state index contributed by atoms with van der Waals surface area (Å²) < 4.78 is 0. The fourth-order valence-corrected chi connectivity index (χ4v) is 2.17. The standard InChI is InChI=1S/C13H26N2O/c1-13(2,3)10-12(16)15(4)11-6-5-8-14-9-7-11/h11,14H,5-10H2,1-4H3. The van der Waals surface area contributed by atoms with E-state index < -0.39 is 0 Å². The molecular weight excluding hydrogens is 200 g/mol. The molecule has 0 spiro atoms. The van der Waals surface area contributed by atoms with Crippen LogP contribution in [-0.4, -0.2) is 37.0 Å². The van der Waals surface area contributed by atoms with Crippen LogP contribution in [0.3, 0.4) is 0 Å². The Kier molecular flexibility index (Phi) is 4.78. The Balaban J connectivity index is 2.48. The lowest BCUT2D eigenvalue weighted by molar-refractivity contribution is -0.134. The van der Waals surface area contributed by atoms with Crippen LogP contribution in [0.5, 0.6) is 0 Å². The first-order chi connectivity index (χ1) is 7.40. The molecule has 0 aromatic heterocycles. The SMILES string of the molecule is CN(C(=O)CC(C)(C)C)C1CCCNCC1. The van der Waals surface area contributed by atoms with E-state index in [4.69, 9.17) is 0 Å². The lowest BCUT2D eigenvalue weighted by Crippen LogP contribution is -2.39. The van der Waals surface area contributed by atoms with Crippen molar-refractivity contribution in [1.82, 2.24) is 10.2 Å². The van der Waals surface area contributed by atoms with Gasteiger partial charge in [-0.15, -0.1) is 0 Å². The third-order valence-electron chi connectivity index (χ3n) is 3.17. The van der Waals surface area contributed by atoms with Crippen molar-refractivity contribution in [3.05, 3.63) is 0 Å². The van der Waals surface area contributed by atoms with E-state index in [0.29, 0.717) is 18.4 Å². The van der Waals surface area contributed by atoms with Crippen LogP contribution in [0, 0.1) is 5.41 Å². The molecule has 1 aliphatic rings. The zero-order valence-electron chi connectivity index (χ0n) is 11.2. The predicted molar refractivity (Wildman–Crippen MR) is 67.4 cm³/mol. The molecule has 94 valence electrons. The van der Waals surface area contributed by atoms with E-state index in [1.54, 1.807) is 0 Å². The summed E-state index contributed by atoms with van der Waals surface area (Å²) >= 11 is 0. The molecule has 3 heteroatoms. The quantitative estimate of drug-likeness (QED) is 0.781. The summed E-state index contributed by atoms with van der Waals surface area (Å²) in [6.07, 6.45) is 4.05. The van der Waals surface area contributed by atoms with Gasteiger partial charge in [0.2, 0.25) is 5.91 Å². The van der Waals surface area contributed by atoms with E-state index >= 15 is 0 Å². The zero-order valence-corrected chi connectivity index (χ0v) is 11.2. The van der Waals surface area contributed by atoms with Crippen molar-refractivity contribution in [2.24, 2.45) is 5.41 Å². The van der Waals surface area contributed by atoms with Crippen molar-refractivity contribution in [1.29, 1.82) is 0 Å². The molecule has 1 amide bonds. The number of hydrogen-bond donors (Lipinski definition) is 1. The Hall–Kier alpha value is -0.570. The summed E-state index contributed by atoms with van der Waals surface area (Å²) in [7, 11) is 1.96. The van der Waals surface area contributed by atoms with Gasteiger partial charge in [-0.3, -0.25) is 4.79 Å². The Labute approximate surface area is 99.6 Å². The average molecular weight is 226 g/mol. The normalized spacial score (nSPS) is 22.6. The van der Waals surface area contributed by atoms with Gasteiger partial charge in [0.05, 0.1) is 0 Å². The van der Waals surface area contributed by atoms with Crippen LogP contribution >= 0.6 is 0 Å². The van der Waals surface area contributed by atoms with Gasteiger partial charge in [-0.2, -0.15) is 0 Å². The molecule has 1 heterocycles. The topological polar surface area (TPSA) is 32.3 Å². The molecule has 0 bridgehead atoms. The third kappa shape index (κ3) is 4.52. The number of nitrogens with zero attached hydrogens (tertiary/aromatic N) is 1. The molecule has 0 radical (unpaired) electrons. The maximum atomic E-state index is 12.1. The molecular formula is C13H26N2O. The van der Waals surface area contributed by atoms with E-state index in [1.807, 2.05) is 11.9 Å². The summed E-state index contributed by atoms with van der Waals surface area (Å²) in [5.74, 6) is 0.291. The molecule has 1 unspecified atom stereocenters. The monoisotopic (exact) mass is 226 g/mol. The van der Waals surface area contributed by atoms with Crippen molar-refractivity contribution < 1.29 is 4.79 Å². The van der Waals surface area contributed by atoms with Gasteiger partial charge in [0.15, 0.2) is 0 Å². The molecule has 0 aromatic rings. The Morgan fingerprint density at radius 3 is 2.62 bits per heavy atom. The van der Waals surface area contributed by atoms with Crippen molar-refractivity contribution in [2.75, 3.05) is 20.1 Å². The molecule has 1 rings (SSSR count). The largest absolute Gasteiger partial charge is 0.343 e. The average Bonchev–Trinajstić information content (AvgIpc) is 2.41. The first-order valence-electron chi connectivity index (χ1n) is 6.36. The molecule has 0 aliphatic carbocycles. The molecule has 16 heavy (non-hydrogen) atoms. The Bertz CT molecular complexity index is 225. The van der Waals surface area contributed by atoms with Crippen molar-refractivity contribution in [3.63, 3.8) is 0 Å². The Morgan fingerprint density at radius 1 is 1.31 bits per heavy atom. The van der Waals surface area contributed by atoms with Gasteiger partial charge in [0.1, 0.15) is 0 Å². The minimum Gasteiger partial charge on any atom is -0.343 e. The summed E-state index contributed by atoms with van der Waals surface area (Å²) in [5, 5.41) is 3.38. The molecule has 0 saturated carbocycles. The van der Waals surface area contributed by atoms with Crippen LogP contribution in [0.4, 0.5) is 0 Å². The van der Waals surface area contributed by atoms with Crippen molar-refractivity contribution in [2.45, 2.75) is 52.5 Å². The third-order valence-corrected chi connectivity index (χ3v) is 3.17. The van der Waals surface area contributed by atoms with Gasteiger partial charge in [-0.25, -0.2) is 0 Å². The summed E-state index contributed by atoms with van der Waals surface area (Å²) in [4.78, 5) is 14.0. The molecule has 3 nitrogen and oxygen atoms in total. The molecule has 1 saturated heterocycles. The van der Waals surface area contributed by atoms with Gasteiger partial charge in [0, 0.05) is 19.5 Å². The van der Waals surface area contributed by atoms with Crippen LogP contribution in [0.25, 0.3) is 0 Å². The molecule has 1 N–H and O–H groups in total. The number of carbonyl (C=O) groups is 1.